The lowest BCUT2D eigenvalue weighted by atomic mass is 10.1. The Balaban J connectivity index is 1.63. The summed E-state index contributed by atoms with van der Waals surface area (Å²) in [5.41, 5.74) is 2.32. The second-order valence-corrected chi connectivity index (χ2v) is 4.81. The Bertz CT molecular complexity index is 1040. The van der Waals surface area contributed by atoms with E-state index in [1.165, 1.54) is 0 Å². The minimum atomic E-state index is 0.00408. The van der Waals surface area contributed by atoms with Gasteiger partial charge in [0, 0.05) is 0 Å². The number of rotatable bonds is 2. The Labute approximate surface area is 112 Å². The minimum Gasteiger partial charge on any atom is -0.501 e. The molecule has 0 aliphatic heterocycles. The lowest BCUT2D eigenvalue weighted by molar-refractivity contribution is 0.415. The number of phenols is 1. The van der Waals surface area contributed by atoms with Crippen LogP contribution in [-0.4, -0.2) is 5.11 Å². The highest BCUT2D eigenvalue weighted by atomic mass is 16.5. The molecule has 2 heterocycles. The van der Waals surface area contributed by atoms with Crippen LogP contribution in [0.4, 0.5) is 0 Å². The molecule has 2 aromatic heterocycles. The van der Waals surface area contributed by atoms with Gasteiger partial charge in [0.2, 0.25) is 33.8 Å². The maximum absolute atomic E-state index is 10.0. The molecule has 0 bridgehead atoms. The standard InChI is InChI=1S/C16H8O4/c17-11-12(14-16(20-14)15-13(11)19-15)18-10-6-5-8-3-1-2-4-9(8)7-10/h1-7,17H. The molecule has 20 heavy (non-hydrogen) atoms. The summed E-state index contributed by atoms with van der Waals surface area (Å²) in [7, 11) is 0. The zero-order valence-corrected chi connectivity index (χ0v) is 10.2. The fraction of sp³-hybridized carbons (Fsp3) is 0. The normalized spacial score (nSPS) is 12.2. The summed E-state index contributed by atoms with van der Waals surface area (Å²) in [6, 6.07) is 13.8. The van der Waals surface area contributed by atoms with Crippen molar-refractivity contribution in [3.63, 3.8) is 0 Å². The van der Waals surface area contributed by atoms with Gasteiger partial charge < -0.3 is 18.7 Å². The van der Waals surface area contributed by atoms with E-state index in [9.17, 15) is 5.11 Å². The van der Waals surface area contributed by atoms with Gasteiger partial charge in [0.05, 0.1) is 0 Å². The lowest BCUT2D eigenvalue weighted by Gasteiger charge is -2.05. The van der Waals surface area contributed by atoms with Crippen LogP contribution in [0.3, 0.4) is 0 Å². The molecule has 1 N–H and O–H groups in total. The maximum atomic E-state index is 10.0. The average molecular weight is 264 g/mol. The predicted molar refractivity (Wildman–Crippen MR) is 74.0 cm³/mol. The van der Waals surface area contributed by atoms with Crippen LogP contribution >= 0.6 is 0 Å². The van der Waals surface area contributed by atoms with Gasteiger partial charge in [-0.2, -0.15) is 0 Å². The van der Waals surface area contributed by atoms with Crippen molar-refractivity contribution in [3.8, 4) is 17.2 Å². The van der Waals surface area contributed by atoms with Crippen LogP contribution in [-0.2, 0) is 0 Å². The third kappa shape index (κ3) is 1.25. The molecule has 0 aliphatic carbocycles. The molecule has 0 fully saturated rings. The largest absolute Gasteiger partial charge is 0.501 e. The highest BCUT2D eigenvalue weighted by Gasteiger charge is 2.32. The number of hydrogen-bond donors (Lipinski definition) is 1. The summed E-state index contributed by atoms with van der Waals surface area (Å²) in [4.78, 5) is 0. The molecule has 96 valence electrons. The van der Waals surface area contributed by atoms with E-state index >= 15 is 0 Å². The van der Waals surface area contributed by atoms with Gasteiger partial charge in [0.1, 0.15) is 5.75 Å². The third-order valence-corrected chi connectivity index (χ3v) is 3.52. The zero-order chi connectivity index (χ0) is 13.3. The van der Waals surface area contributed by atoms with Crippen molar-refractivity contribution in [3.05, 3.63) is 42.5 Å². The molecule has 0 saturated heterocycles. The second-order valence-electron chi connectivity index (χ2n) is 4.81. The first kappa shape index (κ1) is 9.97. The van der Waals surface area contributed by atoms with Crippen molar-refractivity contribution in [1.82, 2.24) is 0 Å². The summed E-state index contributed by atoms with van der Waals surface area (Å²) in [5.74, 6) is 0.980. The smallest absolute Gasteiger partial charge is 0.220 e. The molecule has 0 aliphatic rings. The van der Waals surface area contributed by atoms with Gasteiger partial charge in [-0.05, 0) is 22.9 Å². The third-order valence-electron chi connectivity index (χ3n) is 3.52. The number of aromatic hydroxyl groups is 1. The first-order chi connectivity index (χ1) is 9.81. The Hall–Kier alpha value is -2.88. The Morgan fingerprint density at radius 1 is 0.800 bits per heavy atom. The predicted octanol–water partition coefficient (Wildman–Crippen LogP) is 4.71. The first-order valence-electron chi connectivity index (χ1n) is 6.26. The Morgan fingerprint density at radius 2 is 1.55 bits per heavy atom. The second kappa shape index (κ2) is 3.17. The fourth-order valence-electron chi connectivity index (χ4n) is 2.41. The Morgan fingerprint density at radius 3 is 2.45 bits per heavy atom. The molecule has 0 amide bonds. The highest BCUT2D eigenvalue weighted by molar-refractivity contribution is 6.12. The van der Waals surface area contributed by atoms with E-state index in [-0.39, 0.29) is 5.75 Å². The minimum absolute atomic E-state index is 0.00408. The van der Waals surface area contributed by atoms with Gasteiger partial charge in [0.25, 0.3) is 0 Å². The molecule has 4 heteroatoms. The lowest BCUT2D eigenvalue weighted by Crippen LogP contribution is -1.83. The first-order valence-corrected chi connectivity index (χ1v) is 6.26. The van der Waals surface area contributed by atoms with Crippen molar-refractivity contribution >= 4 is 33.1 Å². The maximum Gasteiger partial charge on any atom is 0.220 e. The number of phenolic OH excluding ortho intramolecular Hbond substituents is 1. The molecule has 5 rings (SSSR count). The van der Waals surface area contributed by atoms with Crippen molar-refractivity contribution in [2.75, 3.05) is 0 Å². The van der Waals surface area contributed by atoms with Crippen LogP contribution in [0.1, 0.15) is 0 Å². The summed E-state index contributed by atoms with van der Waals surface area (Å²) >= 11 is 0. The summed E-state index contributed by atoms with van der Waals surface area (Å²) in [6.45, 7) is 0. The van der Waals surface area contributed by atoms with E-state index in [2.05, 4.69) is 0 Å². The molecule has 3 aromatic carbocycles. The van der Waals surface area contributed by atoms with E-state index in [4.69, 9.17) is 13.6 Å². The topological polar surface area (TPSA) is 55.7 Å². The van der Waals surface area contributed by atoms with Crippen molar-refractivity contribution < 1.29 is 18.7 Å². The zero-order valence-electron chi connectivity index (χ0n) is 10.2. The number of hydrogen-bond acceptors (Lipinski definition) is 4. The SMILES string of the molecule is Oc1c(Oc2ccc3ccccc3c2)c2oc2c2oc12. The van der Waals surface area contributed by atoms with Gasteiger partial charge >= 0.3 is 0 Å². The van der Waals surface area contributed by atoms with Crippen LogP contribution in [0.2, 0.25) is 0 Å². The van der Waals surface area contributed by atoms with E-state index < -0.39 is 0 Å². The van der Waals surface area contributed by atoms with Crippen molar-refractivity contribution in [1.29, 1.82) is 0 Å². The van der Waals surface area contributed by atoms with E-state index in [0.29, 0.717) is 33.8 Å². The number of fused-ring (bicyclic) bond motifs is 4. The molecule has 0 unspecified atom stereocenters. The van der Waals surface area contributed by atoms with E-state index in [0.717, 1.165) is 10.8 Å². The van der Waals surface area contributed by atoms with Crippen LogP contribution in [0.25, 0.3) is 33.1 Å². The van der Waals surface area contributed by atoms with Crippen LogP contribution < -0.4 is 4.74 Å². The molecular weight excluding hydrogens is 256 g/mol. The molecule has 0 spiro atoms. The summed E-state index contributed by atoms with van der Waals surface area (Å²) < 4.78 is 16.2. The Kier molecular flexibility index (Phi) is 1.58. The molecule has 0 saturated carbocycles. The van der Waals surface area contributed by atoms with E-state index in [1.807, 2.05) is 42.5 Å². The molecule has 4 nitrogen and oxygen atoms in total. The van der Waals surface area contributed by atoms with Crippen molar-refractivity contribution in [2.24, 2.45) is 0 Å². The molecule has 0 radical (unpaired) electrons. The van der Waals surface area contributed by atoms with Crippen LogP contribution in [0, 0.1) is 0 Å². The van der Waals surface area contributed by atoms with Crippen LogP contribution in [0.15, 0.2) is 51.3 Å². The summed E-state index contributed by atoms with van der Waals surface area (Å²) in [6.07, 6.45) is 0. The van der Waals surface area contributed by atoms with Gasteiger partial charge in [-0.3, -0.25) is 0 Å². The van der Waals surface area contributed by atoms with Crippen molar-refractivity contribution in [2.45, 2.75) is 0 Å². The number of ether oxygens (including phenoxy) is 1. The molecule has 0 atom stereocenters. The van der Waals surface area contributed by atoms with E-state index in [1.54, 1.807) is 0 Å². The fourth-order valence-corrected chi connectivity index (χ4v) is 2.41. The highest BCUT2D eigenvalue weighted by Crippen LogP contribution is 2.53. The number of benzene rings is 3. The van der Waals surface area contributed by atoms with Gasteiger partial charge in [-0.15, -0.1) is 0 Å². The van der Waals surface area contributed by atoms with Crippen LogP contribution in [0.5, 0.6) is 17.2 Å². The van der Waals surface area contributed by atoms with Gasteiger partial charge in [-0.1, -0.05) is 30.3 Å². The molecule has 5 aromatic rings. The quantitative estimate of drug-likeness (QED) is 0.501. The molecular formula is C16H8O4. The van der Waals surface area contributed by atoms with Gasteiger partial charge in [-0.25, -0.2) is 0 Å². The van der Waals surface area contributed by atoms with Gasteiger partial charge in [0.15, 0.2) is 0 Å². The monoisotopic (exact) mass is 264 g/mol. The average Bonchev–Trinajstić information content (AvgIpc) is 3.34. The summed E-state index contributed by atoms with van der Waals surface area (Å²) in [5, 5.41) is 12.2.